The van der Waals surface area contributed by atoms with Crippen molar-refractivity contribution in [1.29, 1.82) is 0 Å². The second-order valence-electron chi connectivity index (χ2n) is 6.87. The zero-order valence-corrected chi connectivity index (χ0v) is 11.3. The molecule has 1 saturated carbocycles. The van der Waals surface area contributed by atoms with Crippen molar-refractivity contribution in [2.24, 2.45) is 22.7 Å². The zero-order valence-electron chi connectivity index (χ0n) is 11.3. The highest BCUT2D eigenvalue weighted by Gasteiger charge is 2.64. The normalized spacial score (nSPS) is 34.1. The molecule has 2 fully saturated rings. The summed E-state index contributed by atoms with van der Waals surface area (Å²) in [6.45, 7) is 14.7. The van der Waals surface area contributed by atoms with Crippen LogP contribution in [-0.4, -0.2) is 30.3 Å². The summed E-state index contributed by atoms with van der Waals surface area (Å²) in [7, 11) is 0. The van der Waals surface area contributed by atoms with Gasteiger partial charge in [0.05, 0.1) is 0 Å². The molecule has 2 nitrogen and oxygen atoms in total. The SMILES string of the molecule is CC1CN(CC2C(C)(C)C2(C)C)CCC1=O. The predicted octanol–water partition coefficient (Wildman–Crippen LogP) is 2.58. The van der Waals surface area contributed by atoms with Crippen LogP contribution >= 0.6 is 0 Å². The smallest absolute Gasteiger partial charge is 0.138 e. The standard InChI is InChI=1S/C14H25NO/c1-10-8-15(7-6-11(10)16)9-12-13(2,3)14(12,4)5/h10,12H,6-9H2,1-5H3. The van der Waals surface area contributed by atoms with E-state index in [2.05, 4.69) is 39.5 Å². The molecule has 2 heteroatoms. The number of likely N-dealkylation sites (tertiary alicyclic amines) is 1. The third-order valence-electron chi connectivity index (χ3n) is 5.52. The number of nitrogens with zero attached hydrogens (tertiary/aromatic N) is 1. The van der Waals surface area contributed by atoms with Crippen molar-refractivity contribution in [3.8, 4) is 0 Å². The molecule has 1 aliphatic heterocycles. The quantitative estimate of drug-likeness (QED) is 0.717. The zero-order chi connectivity index (χ0) is 12.1. The van der Waals surface area contributed by atoms with Crippen molar-refractivity contribution in [3.63, 3.8) is 0 Å². The summed E-state index contributed by atoms with van der Waals surface area (Å²) in [5, 5.41) is 0. The lowest BCUT2D eigenvalue weighted by molar-refractivity contribution is -0.125. The fourth-order valence-electron chi connectivity index (χ4n) is 3.31. The first-order valence-electron chi connectivity index (χ1n) is 6.52. The van der Waals surface area contributed by atoms with Crippen LogP contribution in [0.15, 0.2) is 0 Å². The Morgan fingerprint density at radius 3 is 2.25 bits per heavy atom. The maximum absolute atomic E-state index is 11.5. The van der Waals surface area contributed by atoms with Gasteiger partial charge in [0.25, 0.3) is 0 Å². The molecule has 0 aromatic carbocycles. The van der Waals surface area contributed by atoms with E-state index in [-0.39, 0.29) is 5.92 Å². The van der Waals surface area contributed by atoms with Gasteiger partial charge in [0.2, 0.25) is 0 Å². The van der Waals surface area contributed by atoms with Gasteiger partial charge in [0.1, 0.15) is 5.78 Å². The van der Waals surface area contributed by atoms with E-state index in [0.717, 1.165) is 25.4 Å². The number of hydrogen-bond acceptors (Lipinski definition) is 2. The monoisotopic (exact) mass is 223 g/mol. The summed E-state index contributed by atoms with van der Waals surface area (Å²) in [6.07, 6.45) is 0.759. The van der Waals surface area contributed by atoms with Crippen LogP contribution in [0, 0.1) is 22.7 Å². The van der Waals surface area contributed by atoms with E-state index in [1.165, 1.54) is 6.54 Å². The Hall–Kier alpha value is -0.370. The lowest BCUT2D eigenvalue weighted by Crippen LogP contribution is -2.41. The molecule has 1 heterocycles. The first kappa shape index (κ1) is 12.1. The van der Waals surface area contributed by atoms with E-state index < -0.39 is 0 Å². The first-order chi connectivity index (χ1) is 7.26. The maximum Gasteiger partial charge on any atom is 0.138 e. The molecule has 0 aromatic heterocycles. The highest BCUT2D eigenvalue weighted by Crippen LogP contribution is 2.68. The number of carbonyl (C=O) groups is 1. The average Bonchev–Trinajstić information content (AvgIpc) is 2.54. The average molecular weight is 223 g/mol. The minimum absolute atomic E-state index is 0.249. The van der Waals surface area contributed by atoms with E-state index in [1.54, 1.807) is 0 Å². The van der Waals surface area contributed by atoms with Gasteiger partial charge in [-0.25, -0.2) is 0 Å². The Morgan fingerprint density at radius 1 is 1.25 bits per heavy atom. The molecule has 0 aromatic rings. The van der Waals surface area contributed by atoms with Crippen molar-refractivity contribution in [1.82, 2.24) is 4.90 Å². The number of carbonyl (C=O) groups excluding carboxylic acids is 1. The number of piperidine rings is 1. The van der Waals surface area contributed by atoms with Crippen molar-refractivity contribution in [2.45, 2.75) is 41.0 Å². The highest BCUT2D eigenvalue weighted by atomic mass is 16.1. The van der Waals surface area contributed by atoms with Gasteiger partial charge in [-0.15, -0.1) is 0 Å². The van der Waals surface area contributed by atoms with Crippen LogP contribution < -0.4 is 0 Å². The molecule has 1 saturated heterocycles. The molecule has 2 aliphatic rings. The second-order valence-corrected chi connectivity index (χ2v) is 6.87. The summed E-state index contributed by atoms with van der Waals surface area (Å²) >= 11 is 0. The van der Waals surface area contributed by atoms with Crippen LogP contribution in [-0.2, 0) is 4.79 Å². The van der Waals surface area contributed by atoms with Crippen molar-refractivity contribution in [2.75, 3.05) is 19.6 Å². The van der Waals surface area contributed by atoms with Crippen LogP contribution in [0.5, 0.6) is 0 Å². The number of ketones is 1. The molecule has 1 atom stereocenters. The van der Waals surface area contributed by atoms with Crippen molar-refractivity contribution >= 4 is 5.78 Å². The Balaban J connectivity index is 1.91. The summed E-state index contributed by atoms with van der Waals surface area (Å²) in [5.74, 6) is 1.49. The van der Waals surface area contributed by atoms with Gasteiger partial charge in [-0.3, -0.25) is 4.79 Å². The lowest BCUT2D eigenvalue weighted by Gasteiger charge is -2.30. The Kier molecular flexibility index (Phi) is 2.69. The Bertz CT molecular complexity index is 292. The van der Waals surface area contributed by atoms with Gasteiger partial charge >= 0.3 is 0 Å². The van der Waals surface area contributed by atoms with Gasteiger partial charge < -0.3 is 4.90 Å². The molecule has 0 spiro atoms. The molecular formula is C14H25NO. The predicted molar refractivity (Wildman–Crippen MR) is 66.3 cm³/mol. The molecule has 0 bridgehead atoms. The van der Waals surface area contributed by atoms with Crippen molar-refractivity contribution in [3.05, 3.63) is 0 Å². The third kappa shape index (κ3) is 1.71. The van der Waals surface area contributed by atoms with Crippen LogP contribution in [0.3, 0.4) is 0 Å². The third-order valence-corrected chi connectivity index (χ3v) is 5.52. The van der Waals surface area contributed by atoms with Crippen molar-refractivity contribution < 1.29 is 4.79 Å². The van der Waals surface area contributed by atoms with Gasteiger partial charge in [0, 0.05) is 32.0 Å². The molecule has 0 radical (unpaired) electrons. The van der Waals surface area contributed by atoms with Gasteiger partial charge in [-0.05, 0) is 16.7 Å². The minimum Gasteiger partial charge on any atom is -0.302 e. The van der Waals surface area contributed by atoms with Crippen LogP contribution in [0.1, 0.15) is 41.0 Å². The fourth-order valence-corrected chi connectivity index (χ4v) is 3.31. The van der Waals surface area contributed by atoms with Gasteiger partial charge in [-0.1, -0.05) is 34.6 Å². The molecule has 92 valence electrons. The molecule has 2 rings (SSSR count). The number of Topliss-reactive ketones (excluding diaryl/α,β-unsaturated/α-hetero) is 1. The molecule has 1 aliphatic carbocycles. The Morgan fingerprint density at radius 2 is 1.81 bits per heavy atom. The topological polar surface area (TPSA) is 20.3 Å². The van der Waals surface area contributed by atoms with E-state index in [4.69, 9.17) is 0 Å². The van der Waals surface area contributed by atoms with E-state index >= 15 is 0 Å². The maximum atomic E-state index is 11.5. The van der Waals surface area contributed by atoms with Crippen LogP contribution in [0.25, 0.3) is 0 Å². The van der Waals surface area contributed by atoms with E-state index in [0.29, 0.717) is 16.6 Å². The lowest BCUT2D eigenvalue weighted by atomic mass is 9.98. The molecule has 0 N–H and O–H groups in total. The number of hydrogen-bond donors (Lipinski definition) is 0. The van der Waals surface area contributed by atoms with Gasteiger partial charge in [0.15, 0.2) is 0 Å². The minimum atomic E-state index is 0.249. The fraction of sp³-hybridized carbons (Fsp3) is 0.929. The summed E-state index contributed by atoms with van der Waals surface area (Å²) in [6, 6.07) is 0. The largest absolute Gasteiger partial charge is 0.302 e. The Labute approximate surface area is 99.4 Å². The summed E-state index contributed by atoms with van der Waals surface area (Å²) < 4.78 is 0. The van der Waals surface area contributed by atoms with Crippen LogP contribution in [0.2, 0.25) is 0 Å². The molecule has 0 amide bonds. The first-order valence-corrected chi connectivity index (χ1v) is 6.52. The summed E-state index contributed by atoms with van der Waals surface area (Å²) in [5.41, 5.74) is 0.940. The number of rotatable bonds is 2. The van der Waals surface area contributed by atoms with E-state index in [1.807, 2.05) is 0 Å². The molecule has 16 heavy (non-hydrogen) atoms. The van der Waals surface area contributed by atoms with Gasteiger partial charge in [-0.2, -0.15) is 0 Å². The molecule has 1 unspecified atom stereocenters. The summed E-state index contributed by atoms with van der Waals surface area (Å²) in [4.78, 5) is 14.0. The molecular weight excluding hydrogens is 198 g/mol. The van der Waals surface area contributed by atoms with Crippen LogP contribution in [0.4, 0.5) is 0 Å². The van der Waals surface area contributed by atoms with E-state index in [9.17, 15) is 4.79 Å². The second kappa shape index (κ2) is 3.56. The highest BCUT2D eigenvalue weighted by molar-refractivity contribution is 5.81.